The summed E-state index contributed by atoms with van der Waals surface area (Å²) in [7, 11) is 1.32. The Morgan fingerprint density at radius 1 is 1.77 bits per heavy atom. The van der Waals surface area contributed by atoms with E-state index >= 15 is 0 Å². The van der Waals surface area contributed by atoms with Gasteiger partial charge >= 0.3 is 5.97 Å². The van der Waals surface area contributed by atoms with E-state index in [1.165, 1.54) is 7.11 Å². The highest BCUT2D eigenvalue weighted by molar-refractivity contribution is 5.84. The minimum absolute atomic E-state index is 0.103. The molecule has 2 rings (SSSR count). The Bertz CT molecular complexity index is 283. The number of hydrogen-bond donors (Lipinski definition) is 0. The number of esters is 1. The third-order valence-electron chi connectivity index (χ3n) is 2.61. The fourth-order valence-corrected chi connectivity index (χ4v) is 1.91. The van der Waals surface area contributed by atoms with Crippen LogP contribution in [0.5, 0.6) is 0 Å². The molecule has 1 saturated heterocycles. The van der Waals surface area contributed by atoms with Gasteiger partial charge < -0.3 is 9.47 Å². The molecule has 2 heterocycles. The monoisotopic (exact) mass is 182 g/mol. The van der Waals surface area contributed by atoms with E-state index in [0.29, 0.717) is 12.7 Å². The van der Waals surface area contributed by atoms with Gasteiger partial charge in [-0.15, -0.1) is 0 Å². The van der Waals surface area contributed by atoms with Crippen LogP contribution in [-0.2, 0) is 19.1 Å². The van der Waals surface area contributed by atoms with Crippen molar-refractivity contribution in [2.75, 3.05) is 7.11 Å². The van der Waals surface area contributed by atoms with E-state index in [1.807, 2.05) is 6.08 Å². The summed E-state index contributed by atoms with van der Waals surface area (Å²) in [4.78, 5) is 22.1. The maximum atomic E-state index is 11.3. The topological polar surface area (TPSA) is 52.6 Å². The number of ether oxygens (including phenoxy) is 2. The van der Waals surface area contributed by atoms with Crippen molar-refractivity contribution >= 4 is 12.3 Å². The van der Waals surface area contributed by atoms with Gasteiger partial charge in [0.25, 0.3) is 0 Å². The molecule has 3 atom stereocenters. The fourth-order valence-electron chi connectivity index (χ4n) is 1.91. The SMILES string of the molecule is COC(=O)C1CC2C=C[C@]1(C=O)O2. The van der Waals surface area contributed by atoms with Crippen molar-refractivity contribution in [1.82, 2.24) is 0 Å². The molecule has 4 nitrogen and oxygen atoms in total. The predicted molar refractivity (Wildman–Crippen MR) is 42.9 cm³/mol. The lowest BCUT2D eigenvalue weighted by atomic mass is 9.84. The summed E-state index contributed by atoms with van der Waals surface area (Å²) in [5.74, 6) is -0.844. The van der Waals surface area contributed by atoms with E-state index in [-0.39, 0.29) is 12.1 Å². The van der Waals surface area contributed by atoms with Crippen LogP contribution >= 0.6 is 0 Å². The number of rotatable bonds is 2. The van der Waals surface area contributed by atoms with Crippen molar-refractivity contribution in [1.29, 1.82) is 0 Å². The molecule has 1 fully saturated rings. The Hall–Kier alpha value is -1.16. The van der Waals surface area contributed by atoms with Crippen LogP contribution in [-0.4, -0.2) is 31.1 Å². The molecule has 0 aromatic carbocycles. The van der Waals surface area contributed by atoms with Gasteiger partial charge in [0.1, 0.15) is 0 Å². The third-order valence-corrected chi connectivity index (χ3v) is 2.61. The highest BCUT2D eigenvalue weighted by atomic mass is 16.5. The summed E-state index contributed by atoms with van der Waals surface area (Å²) in [5.41, 5.74) is -1.04. The molecule has 2 bridgehead atoms. The molecule has 0 amide bonds. The second-order valence-corrected chi connectivity index (χ2v) is 3.30. The number of aldehydes is 1. The Morgan fingerprint density at radius 3 is 3.08 bits per heavy atom. The molecule has 0 saturated carbocycles. The molecule has 0 aliphatic carbocycles. The Balaban J connectivity index is 2.28. The second kappa shape index (κ2) is 2.67. The zero-order valence-corrected chi connectivity index (χ0v) is 7.23. The maximum Gasteiger partial charge on any atom is 0.312 e. The lowest BCUT2D eigenvalue weighted by Gasteiger charge is -2.21. The molecule has 4 heteroatoms. The van der Waals surface area contributed by atoms with Gasteiger partial charge in [-0.3, -0.25) is 9.59 Å². The van der Waals surface area contributed by atoms with Crippen LogP contribution in [0.4, 0.5) is 0 Å². The van der Waals surface area contributed by atoms with E-state index < -0.39 is 11.5 Å². The summed E-state index contributed by atoms with van der Waals surface area (Å²) in [6.07, 6.45) is 4.58. The summed E-state index contributed by atoms with van der Waals surface area (Å²) < 4.78 is 9.97. The first kappa shape index (κ1) is 8.44. The second-order valence-electron chi connectivity index (χ2n) is 3.30. The smallest absolute Gasteiger partial charge is 0.312 e. The van der Waals surface area contributed by atoms with Gasteiger partial charge in [0.15, 0.2) is 11.9 Å². The lowest BCUT2D eigenvalue weighted by molar-refractivity contribution is -0.151. The van der Waals surface area contributed by atoms with Crippen molar-refractivity contribution < 1.29 is 19.1 Å². The van der Waals surface area contributed by atoms with Crippen molar-refractivity contribution in [3.63, 3.8) is 0 Å². The zero-order chi connectivity index (χ0) is 9.47. The molecule has 2 aliphatic heterocycles. The van der Waals surface area contributed by atoms with Crippen LogP contribution in [0.3, 0.4) is 0 Å². The van der Waals surface area contributed by atoms with E-state index in [0.717, 1.165) is 0 Å². The molecular formula is C9H10O4. The van der Waals surface area contributed by atoms with Crippen LogP contribution in [0.2, 0.25) is 0 Å². The van der Waals surface area contributed by atoms with Crippen molar-refractivity contribution in [2.45, 2.75) is 18.1 Å². The van der Waals surface area contributed by atoms with Gasteiger partial charge in [0, 0.05) is 0 Å². The first-order chi connectivity index (χ1) is 6.22. The Kier molecular flexibility index (Phi) is 1.73. The number of fused-ring (bicyclic) bond motifs is 2. The maximum absolute atomic E-state index is 11.3. The van der Waals surface area contributed by atoms with Gasteiger partial charge in [0.2, 0.25) is 0 Å². The van der Waals surface area contributed by atoms with E-state index in [4.69, 9.17) is 4.74 Å². The predicted octanol–water partition coefficient (Wildman–Crippen LogP) is 0.0720. The molecule has 0 aromatic rings. The van der Waals surface area contributed by atoms with Gasteiger partial charge in [-0.2, -0.15) is 0 Å². The van der Waals surface area contributed by atoms with Gasteiger partial charge in [0.05, 0.1) is 19.1 Å². The molecule has 2 aliphatic rings. The average Bonchev–Trinajstić information content (AvgIpc) is 2.74. The van der Waals surface area contributed by atoms with Gasteiger partial charge in [-0.05, 0) is 12.5 Å². The minimum atomic E-state index is -1.04. The molecular weight excluding hydrogens is 172 g/mol. The normalized spacial score (nSPS) is 40.7. The highest BCUT2D eigenvalue weighted by Gasteiger charge is 2.54. The van der Waals surface area contributed by atoms with Crippen molar-refractivity contribution in [3.8, 4) is 0 Å². The quantitative estimate of drug-likeness (QED) is 0.344. The number of carbonyl (C=O) groups excluding carboxylic acids is 2. The summed E-state index contributed by atoms with van der Waals surface area (Å²) in [6.45, 7) is 0. The van der Waals surface area contributed by atoms with Crippen LogP contribution in [0.1, 0.15) is 6.42 Å². The van der Waals surface area contributed by atoms with Gasteiger partial charge in [-0.25, -0.2) is 0 Å². The standard InChI is InChI=1S/C9H10O4/c1-12-8(11)7-4-6-2-3-9(7,5-10)13-6/h2-3,5-7H,4H2,1H3/t6?,7?,9-/m1/s1. The zero-order valence-electron chi connectivity index (χ0n) is 7.23. The average molecular weight is 182 g/mol. The van der Waals surface area contributed by atoms with Crippen LogP contribution in [0.25, 0.3) is 0 Å². The van der Waals surface area contributed by atoms with E-state index in [9.17, 15) is 9.59 Å². The van der Waals surface area contributed by atoms with Crippen molar-refractivity contribution in [3.05, 3.63) is 12.2 Å². The van der Waals surface area contributed by atoms with Gasteiger partial charge in [-0.1, -0.05) is 6.08 Å². The first-order valence-corrected chi connectivity index (χ1v) is 4.13. The molecule has 0 aromatic heterocycles. The number of methoxy groups -OCH3 is 1. The third kappa shape index (κ3) is 1.02. The van der Waals surface area contributed by atoms with Crippen molar-refractivity contribution in [2.24, 2.45) is 5.92 Å². The number of carbonyl (C=O) groups is 2. The van der Waals surface area contributed by atoms with E-state index in [2.05, 4.69) is 4.74 Å². The molecule has 70 valence electrons. The summed E-state index contributed by atoms with van der Waals surface area (Å²) in [6, 6.07) is 0. The fraction of sp³-hybridized carbons (Fsp3) is 0.556. The minimum Gasteiger partial charge on any atom is -0.469 e. The first-order valence-electron chi connectivity index (χ1n) is 4.13. The summed E-state index contributed by atoms with van der Waals surface area (Å²) >= 11 is 0. The van der Waals surface area contributed by atoms with Crippen LogP contribution in [0.15, 0.2) is 12.2 Å². The highest BCUT2D eigenvalue weighted by Crippen LogP contribution is 2.42. The molecule has 0 spiro atoms. The van der Waals surface area contributed by atoms with Crippen LogP contribution < -0.4 is 0 Å². The molecule has 13 heavy (non-hydrogen) atoms. The Morgan fingerprint density at radius 2 is 2.54 bits per heavy atom. The summed E-state index contributed by atoms with van der Waals surface area (Å²) in [5, 5.41) is 0. The lowest BCUT2D eigenvalue weighted by Crippen LogP contribution is -2.39. The largest absolute Gasteiger partial charge is 0.469 e. The van der Waals surface area contributed by atoms with E-state index in [1.54, 1.807) is 6.08 Å². The number of hydrogen-bond acceptors (Lipinski definition) is 4. The molecule has 2 unspecified atom stereocenters. The molecule has 0 radical (unpaired) electrons. The molecule has 0 N–H and O–H groups in total. The van der Waals surface area contributed by atoms with Crippen LogP contribution in [0, 0.1) is 5.92 Å². The Labute approximate surface area is 75.5 Å².